The summed E-state index contributed by atoms with van der Waals surface area (Å²) in [5.74, 6) is -2.85. The number of carbonyl (C=O) groups excluding carboxylic acids is 2. The summed E-state index contributed by atoms with van der Waals surface area (Å²) < 4.78 is 55.1. The molecule has 2 atom stereocenters. The monoisotopic (exact) mass is 604 g/mol. The van der Waals surface area contributed by atoms with Crippen LogP contribution in [0.25, 0.3) is 16.9 Å². The van der Waals surface area contributed by atoms with Gasteiger partial charge in [0.05, 0.1) is 31.2 Å². The molecule has 11 nitrogen and oxygen atoms in total. The molecule has 2 aromatic carbocycles. The van der Waals surface area contributed by atoms with Crippen LogP contribution in [0, 0.1) is 11.6 Å². The number of hydrogen-bond acceptors (Lipinski definition) is 8. The average molecular weight is 605 g/mol. The number of fused-ring (bicyclic) bond motifs is 7. The quantitative estimate of drug-likeness (QED) is 0.249. The van der Waals surface area contributed by atoms with E-state index in [4.69, 9.17) is 18.9 Å². The van der Waals surface area contributed by atoms with E-state index in [0.29, 0.717) is 11.3 Å². The van der Waals surface area contributed by atoms with Crippen LogP contribution in [0.3, 0.4) is 0 Å². The van der Waals surface area contributed by atoms with E-state index in [9.17, 15) is 18.8 Å². The van der Waals surface area contributed by atoms with Crippen LogP contribution in [0.15, 0.2) is 71.8 Å². The van der Waals surface area contributed by atoms with Gasteiger partial charge in [0.15, 0.2) is 17.3 Å². The molecule has 1 amide bonds. The van der Waals surface area contributed by atoms with Crippen molar-refractivity contribution in [1.29, 1.82) is 0 Å². The van der Waals surface area contributed by atoms with Crippen LogP contribution in [0.2, 0.25) is 0 Å². The predicted octanol–water partition coefficient (Wildman–Crippen LogP) is 3.95. The first-order valence-corrected chi connectivity index (χ1v) is 14.0. The maximum atomic E-state index is 15.8. The van der Waals surface area contributed by atoms with Crippen LogP contribution in [-0.4, -0.2) is 65.5 Å². The van der Waals surface area contributed by atoms with Gasteiger partial charge >= 0.3 is 6.16 Å². The Kier molecular flexibility index (Phi) is 6.81. The smallest absolute Gasteiger partial charge is 0.451 e. The van der Waals surface area contributed by atoms with Gasteiger partial charge in [-0.2, -0.15) is 0 Å². The first kappa shape index (κ1) is 27.7. The lowest BCUT2D eigenvalue weighted by Gasteiger charge is -2.51. The van der Waals surface area contributed by atoms with Gasteiger partial charge in [-0.15, -0.1) is 0 Å². The van der Waals surface area contributed by atoms with Gasteiger partial charge < -0.3 is 28.4 Å². The molecule has 2 aromatic heterocycles. The van der Waals surface area contributed by atoms with Crippen molar-refractivity contribution in [3.05, 3.63) is 106 Å². The van der Waals surface area contributed by atoms with Gasteiger partial charge in [-0.25, -0.2) is 13.6 Å². The fourth-order valence-corrected chi connectivity index (χ4v) is 6.19. The molecule has 0 radical (unpaired) electrons. The molecule has 2 unspecified atom stereocenters. The minimum absolute atomic E-state index is 0.0679. The third kappa shape index (κ3) is 4.22. The van der Waals surface area contributed by atoms with E-state index in [1.807, 2.05) is 29.3 Å². The zero-order chi connectivity index (χ0) is 30.5. The molecular weight excluding hydrogens is 578 g/mol. The van der Waals surface area contributed by atoms with Crippen molar-refractivity contribution in [2.75, 3.05) is 38.2 Å². The molecule has 13 heteroatoms. The number of para-hydroxylation sites is 1. The highest BCUT2D eigenvalue weighted by Crippen LogP contribution is 2.46. The summed E-state index contributed by atoms with van der Waals surface area (Å²) in [5, 5.41) is 1.82. The molecule has 0 spiro atoms. The number of ether oxygens (including phenoxy) is 4. The molecule has 226 valence electrons. The first-order valence-electron chi connectivity index (χ1n) is 14.0. The Hall–Kier alpha value is -5.17. The molecule has 3 aliphatic rings. The van der Waals surface area contributed by atoms with Crippen molar-refractivity contribution < 1.29 is 37.3 Å². The molecule has 4 aromatic rings. The van der Waals surface area contributed by atoms with Gasteiger partial charge in [-0.3, -0.25) is 19.3 Å². The second kappa shape index (κ2) is 10.8. The van der Waals surface area contributed by atoms with Crippen LogP contribution < -0.4 is 15.2 Å². The second-order valence-electron chi connectivity index (χ2n) is 10.3. The molecular formula is C31H26F2N4O7. The van der Waals surface area contributed by atoms with E-state index in [0.717, 1.165) is 17.3 Å². The van der Waals surface area contributed by atoms with E-state index < -0.39 is 48.1 Å². The van der Waals surface area contributed by atoms with E-state index >= 15 is 4.39 Å². The fourth-order valence-electron chi connectivity index (χ4n) is 6.19. The maximum absolute atomic E-state index is 15.8. The lowest BCUT2D eigenvalue weighted by molar-refractivity contribution is -0.0210. The number of aromatic nitrogens is 2. The molecule has 3 aliphatic heterocycles. The summed E-state index contributed by atoms with van der Waals surface area (Å²) in [5.41, 5.74) is 1.67. The third-order valence-corrected chi connectivity index (χ3v) is 7.98. The normalized spacial score (nSPS) is 18.3. The number of carbonyl (C=O) groups is 2. The SMILES string of the molecule is CCOC(=O)OCOc1c2n(ccc1=O)N(C1c3ccccc3-n3cccc3-c3c1ccc(F)c3F)C1COCCN1C2=O. The predicted molar refractivity (Wildman–Crippen MR) is 151 cm³/mol. The topological polar surface area (TPSA) is 104 Å². The Morgan fingerprint density at radius 3 is 2.68 bits per heavy atom. The molecule has 1 saturated heterocycles. The zero-order valence-electron chi connectivity index (χ0n) is 23.4. The Labute approximate surface area is 249 Å². The van der Waals surface area contributed by atoms with Crippen molar-refractivity contribution >= 4 is 12.1 Å². The number of hydrogen-bond donors (Lipinski definition) is 0. The number of morpholine rings is 1. The summed E-state index contributed by atoms with van der Waals surface area (Å²) in [4.78, 5) is 40.4. The Balaban J connectivity index is 1.46. The van der Waals surface area contributed by atoms with Gasteiger partial charge in [0, 0.05) is 36.1 Å². The van der Waals surface area contributed by atoms with E-state index in [1.165, 1.54) is 23.0 Å². The van der Waals surface area contributed by atoms with Crippen LogP contribution in [0.5, 0.6) is 5.75 Å². The van der Waals surface area contributed by atoms with Crippen molar-refractivity contribution in [1.82, 2.24) is 14.1 Å². The van der Waals surface area contributed by atoms with Crippen molar-refractivity contribution in [2.45, 2.75) is 19.1 Å². The number of pyridine rings is 1. The molecule has 44 heavy (non-hydrogen) atoms. The van der Waals surface area contributed by atoms with E-state index in [2.05, 4.69) is 0 Å². The highest BCUT2D eigenvalue weighted by atomic mass is 19.2. The Morgan fingerprint density at radius 2 is 1.84 bits per heavy atom. The van der Waals surface area contributed by atoms with E-state index in [1.54, 1.807) is 34.7 Å². The zero-order valence-corrected chi connectivity index (χ0v) is 23.4. The summed E-state index contributed by atoms with van der Waals surface area (Å²) in [7, 11) is 0. The standard InChI is InChI=1S/C31H26F2N4O7/c1-2-42-31(40)44-17-43-29-23(38)11-13-36-28(29)30(39)35-14-15-41-16-24(35)37(36)27-18-6-3-4-7-21(18)34-12-5-8-22(34)25-19(27)9-10-20(32)26(25)33/h3-13,24,27H,2,14-17H2,1H3. The van der Waals surface area contributed by atoms with Crippen molar-refractivity contribution in [3.63, 3.8) is 0 Å². The van der Waals surface area contributed by atoms with Gasteiger partial charge in [-0.1, -0.05) is 24.3 Å². The summed E-state index contributed by atoms with van der Waals surface area (Å²) in [6.45, 7) is 1.55. The van der Waals surface area contributed by atoms with Crippen molar-refractivity contribution in [3.8, 4) is 22.7 Å². The van der Waals surface area contributed by atoms with Crippen LogP contribution in [-0.2, 0) is 14.2 Å². The van der Waals surface area contributed by atoms with Crippen LogP contribution in [0.1, 0.15) is 34.6 Å². The maximum Gasteiger partial charge on any atom is 0.511 e. The van der Waals surface area contributed by atoms with Gasteiger partial charge in [0.2, 0.25) is 18.0 Å². The van der Waals surface area contributed by atoms with E-state index in [-0.39, 0.29) is 43.4 Å². The molecule has 0 bridgehead atoms. The summed E-state index contributed by atoms with van der Waals surface area (Å²) in [6.07, 6.45) is 1.52. The molecule has 1 fully saturated rings. The Bertz CT molecular complexity index is 1850. The number of amides is 1. The summed E-state index contributed by atoms with van der Waals surface area (Å²) in [6, 6.07) is 14.0. The Morgan fingerprint density at radius 1 is 1.00 bits per heavy atom. The lowest BCUT2D eigenvalue weighted by atomic mass is 9.91. The molecule has 0 saturated carbocycles. The molecule has 5 heterocycles. The van der Waals surface area contributed by atoms with Gasteiger partial charge in [0.25, 0.3) is 5.91 Å². The molecule has 0 N–H and O–H groups in total. The second-order valence-corrected chi connectivity index (χ2v) is 10.3. The van der Waals surface area contributed by atoms with Crippen LogP contribution >= 0.6 is 0 Å². The summed E-state index contributed by atoms with van der Waals surface area (Å²) >= 11 is 0. The minimum Gasteiger partial charge on any atom is -0.451 e. The number of rotatable bonds is 5. The number of nitrogens with zero attached hydrogens (tertiary/aromatic N) is 4. The first-order chi connectivity index (χ1) is 21.4. The molecule has 7 rings (SSSR count). The number of halogens is 2. The third-order valence-electron chi connectivity index (χ3n) is 7.98. The number of benzene rings is 2. The fraction of sp³-hybridized carbons (Fsp3) is 0.258. The van der Waals surface area contributed by atoms with Crippen molar-refractivity contribution in [2.24, 2.45) is 0 Å². The largest absolute Gasteiger partial charge is 0.511 e. The van der Waals surface area contributed by atoms with Gasteiger partial charge in [-0.05, 0) is 36.8 Å². The highest BCUT2D eigenvalue weighted by Gasteiger charge is 2.47. The lowest BCUT2D eigenvalue weighted by Crippen LogP contribution is -2.66. The van der Waals surface area contributed by atoms with Crippen LogP contribution in [0.4, 0.5) is 13.6 Å². The van der Waals surface area contributed by atoms with Gasteiger partial charge in [0.1, 0.15) is 12.2 Å². The minimum atomic E-state index is -1.01. The highest BCUT2D eigenvalue weighted by molar-refractivity contribution is 5.97. The molecule has 0 aliphatic carbocycles. The average Bonchev–Trinajstić information content (AvgIpc) is 3.47.